The minimum absolute atomic E-state index is 0.212. The molecule has 2 heterocycles. The molecule has 0 unspecified atom stereocenters. The third kappa shape index (κ3) is 5.82. The molecule has 0 atom stereocenters. The molecule has 0 bridgehead atoms. The largest absolute Gasteiger partial charge is 0.489 e. The van der Waals surface area contributed by atoms with Crippen LogP contribution in [0.5, 0.6) is 11.6 Å². The number of hydrogen-bond acceptors (Lipinski definition) is 5. The van der Waals surface area contributed by atoms with Crippen LogP contribution in [0.15, 0.2) is 60.7 Å². The van der Waals surface area contributed by atoms with E-state index in [9.17, 15) is 0 Å². The van der Waals surface area contributed by atoms with Crippen LogP contribution in [0.25, 0.3) is 11.1 Å². The van der Waals surface area contributed by atoms with Gasteiger partial charge in [0.15, 0.2) is 0 Å². The summed E-state index contributed by atoms with van der Waals surface area (Å²) in [6, 6.07) is 20.5. The first-order valence-corrected chi connectivity index (χ1v) is 11.2. The van der Waals surface area contributed by atoms with E-state index in [0.29, 0.717) is 12.5 Å². The number of hydrogen-bond donors (Lipinski definition) is 0. The molecule has 0 saturated carbocycles. The Labute approximate surface area is 185 Å². The Morgan fingerprint density at radius 2 is 1.71 bits per heavy atom. The Morgan fingerprint density at radius 1 is 0.968 bits per heavy atom. The minimum atomic E-state index is 0.212. The molecule has 0 N–H and O–H groups in total. The van der Waals surface area contributed by atoms with Crippen molar-refractivity contribution in [1.29, 1.82) is 0 Å². The highest BCUT2D eigenvalue weighted by molar-refractivity contribution is 5.67. The number of rotatable bonds is 8. The zero-order valence-corrected chi connectivity index (χ0v) is 18.5. The lowest BCUT2D eigenvalue weighted by Gasteiger charge is -2.28. The van der Waals surface area contributed by atoms with E-state index in [0.717, 1.165) is 66.9 Å². The van der Waals surface area contributed by atoms with Gasteiger partial charge in [0.2, 0.25) is 5.88 Å². The lowest BCUT2D eigenvalue weighted by atomic mass is 10.0. The van der Waals surface area contributed by atoms with Crippen molar-refractivity contribution in [1.82, 2.24) is 15.1 Å². The van der Waals surface area contributed by atoms with Gasteiger partial charge >= 0.3 is 0 Å². The first kappa shape index (κ1) is 21.3. The molecule has 5 heteroatoms. The van der Waals surface area contributed by atoms with Gasteiger partial charge in [-0.05, 0) is 49.6 Å². The molecule has 2 aromatic carbocycles. The van der Waals surface area contributed by atoms with Crippen LogP contribution in [0, 0.1) is 0 Å². The van der Waals surface area contributed by atoms with E-state index < -0.39 is 0 Å². The molecule has 0 spiro atoms. The Kier molecular flexibility index (Phi) is 7.15. The molecule has 1 fully saturated rings. The molecule has 1 saturated heterocycles. The quantitative estimate of drug-likeness (QED) is 0.507. The Balaban J connectivity index is 1.48. The van der Waals surface area contributed by atoms with Crippen LogP contribution in [0.1, 0.15) is 37.4 Å². The van der Waals surface area contributed by atoms with Crippen molar-refractivity contribution in [2.75, 3.05) is 20.1 Å². The predicted molar refractivity (Wildman–Crippen MR) is 123 cm³/mol. The van der Waals surface area contributed by atoms with Crippen molar-refractivity contribution in [2.45, 2.75) is 45.3 Å². The van der Waals surface area contributed by atoms with Crippen LogP contribution in [-0.4, -0.2) is 41.3 Å². The van der Waals surface area contributed by atoms with Crippen molar-refractivity contribution in [2.24, 2.45) is 0 Å². The van der Waals surface area contributed by atoms with Crippen LogP contribution in [0.3, 0.4) is 0 Å². The smallest absolute Gasteiger partial charge is 0.234 e. The van der Waals surface area contributed by atoms with Crippen molar-refractivity contribution < 1.29 is 9.47 Å². The Morgan fingerprint density at radius 3 is 2.42 bits per heavy atom. The van der Waals surface area contributed by atoms with Gasteiger partial charge in [0, 0.05) is 24.7 Å². The van der Waals surface area contributed by atoms with Crippen LogP contribution in [0.4, 0.5) is 0 Å². The average Bonchev–Trinajstić information content (AvgIpc) is 2.81. The van der Waals surface area contributed by atoms with Gasteiger partial charge in [-0.1, -0.05) is 55.8 Å². The van der Waals surface area contributed by atoms with E-state index in [-0.39, 0.29) is 6.10 Å². The number of aryl methyl sites for hydroxylation is 1. The fourth-order valence-corrected chi connectivity index (χ4v) is 3.87. The third-order valence-corrected chi connectivity index (χ3v) is 5.70. The number of piperidine rings is 1. The molecule has 1 aliphatic rings. The van der Waals surface area contributed by atoms with Crippen molar-refractivity contribution >= 4 is 0 Å². The molecule has 5 nitrogen and oxygen atoms in total. The van der Waals surface area contributed by atoms with Crippen molar-refractivity contribution in [3.8, 4) is 22.8 Å². The monoisotopic (exact) mass is 417 g/mol. The van der Waals surface area contributed by atoms with Crippen LogP contribution < -0.4 is 9.47 Å². The van der Waals surface area contributed by atoms with E-state index in [2.05, 4.69) is 59.4 Å². The zero-order chi connectivity index (χ0) is 21.5. The second kappa shape index (κ2) is 10.4. The molecule has 4 rings (SSSR count). The summed E-state index contributed by atoms with van der Waals surface area (Å²) in [6.45, 7) is 4.84. The van der Waals surface area contributed by atoms with Gasteiger partial charge in [0.1, 0.15) is 18.5 Å². The lowest BCUT2D eigenvalue weighted by molar-refractivity contribution is 0.109. The summed E-state index contributed by atoms with van der Waals surface area (Å²) < 4.78 is 12.1. The van der Waals surface area contributed by atoms with Crippen LogP contribution >= 0.6 is 0 Å². The van der Waals surface area contributed by atoms with E-state index in [1.165, 1.54) is 0 Å². The van der Waals surface area contributed by atoms with E-state index in [1.807, 2.05) is 30.3 Å². The van der Waals surface area contributed by atoms with E-state index >= 15 is 0 Å². The minimum Gasteiger partial charge on any atom is -0.489 e. The van der Waals surface area contributed by atoms with Gasteiger partial charge in [-0.3, -0.25) is 0 Å². The van der Waals surface area contributed by atoms with Gasteiger partial charge in [-0.15, -0.1) is 5.10 Å². The Hall–Kier alpha value is -2.92. The fraction of sp³-hybridized carbons (Fsp3) is 0.385. The molecule has 1 aromatic heterocycles. The molecule has 162 valence electrons. The summed E-state index contributed by atoms with van der Waals surface area (Å²) in [5, 5.41) is 8.87. The van der Waals surface area contributed by atoms with Crippen LogP contribution in [0.2, 0.25) is 0 Å². The predicted octanol–water partition coefficient (Wildman–Crippen LogP) is 5.15. The SMILES string of the molecule is CCCc1nnc(OC2CCN(C)CC2)cc1-c1ccc(OCc2ccccc2)cc1. The number of benzene rings is 2. The fourth-order valence-electron chi connectivity index (χ4n) is 3.87. The molecule has 3 aromatic rings. The molecule has 0 aliphatic carbocycles. The second-order valence-corrected chi connectivity index (χ2v) is 8.21. The van der Waals surface area contributed by atoms with Gasteiger partial charge in [-0.25, -0.2) is 0 Å². The number of nitrogens with zero attached hydrogens (tertiary/aromatic N) is 3. The molecular formula is C26H31N3O2. The maximum atomic E-state index is 6.19. The van der Waals surface area contributed by atoms with Gasteiger partial charge in [0.25, 0.3) is 0 Å². The molecule has 1 aliphatic heterocycles. The summed E-state index contributed by atoms with van der Waals surface area (Å²) in [6.07, 6.45) is 4.18. The van der Waals surface area contributed by atoms with Crippen molar-refractivity contribution in [3.63, 3.8) is 0 Å². The third-order valence-electron chi connectivity index (χ3n) is 5.70. The first-order chi connectivity index (χ1) is 15.2. The zero-order valence-electron chi connectivity index (χ0n) is 18.5. The molecule has 0 amide bonds. The summed E-state index contributed by atoms with van der Waals surface area (Å²) in [5.74, 6) is 1.48. The highest BCUT2D eigenvalue weighted by Crippen LogP contribution is 2.29. The second-order valence-electron chi connectivity index (χ2n) is 8.21. The Bertz CT molecular complexity index is 952. The summed E-state index contributed by atoms with van der Waals surface area (Å²) in [5.41, 5.74) is 4.37. The van der Waals surface area contributed by atoms with Crippen LogP contribution in [-0.2, 0) is 13.0 Å². The summed E-state index contributed by atoms with van der Waals surface area (Å²) in [7, 11) is 2.15. The number of aromatic nitrogens is 2. The molecule has 0 radical (unpaired) electrons. The first-order valence-electron chi connectivity index (χ1n) is 11.2. The molecule has 31 heavy (non-hydrogen) atoms. The topological polar surface area (TPSA) is 47.5 Å². The van der Waals surface area contributed by atoms with E-state index in [4.69, 9.17) is 9.47 Å². The lowest BCUT2D eigenvalue weighted by Crippen LogP contribution is -2.35. The average molecular weight is 418 g/mol. The van der Waals surface area contributed by atoms with Gasteiger partial charge in [-0.2, -0.15) is 5.10 Å². The standard InChI is InChI=1S/C26H31N3O2/c1-3-7-25-24(18-26(28-27-25)31-23-14-16-29(2)17-15-23)21-10-12-22(13-11-21)30-19-20-8-5-4-6-9-20/h4-6,8-13,18,23H,3,7,14-17,19H2,1-2H3. The maximum Gasteiger partial charge on any atom is 0.234 e. The van der Waals surface area contributed by atoms with Gasteiger partial charge in [0.05, 0.1) is 5.69 Å². The number of likely N-dealkylation sites (tertiary alicyclic amines) is 1. The van der Waals surface area contributed by atoms with E-state index in [1.54, 1.807) is 0 Å². The molecular weight excluding hydrogens is 386 g/mol. The normalized spacial score (nSPS) is 15.0. The highest BCUT2D eigenvalue weighted by atomic mass is 16.5. The van der Waals surface area contributed by atoms with Crippen molar-refractivity contribution in [3.05, 3.63) is 71.9 Å². The maximum absolute atomic E-state index is 6.19. The van der Waals surface area contributed by atoms with Gasteiger partial charge < -0.3 is 14.4 Å². The number of ether oxygens (including phenoxy) is 2. The summed E-state index contributed by atoms with van der Waals surface area (Å²) >= 11 is 0. The highest BCUT2D eigenvalue weighted by Gasteiger charge is 2.19. The summed E-state index contributed by atoms with van der Waals surface area (Å²) in [4.78, 5) is 2.34.